The highest BCUT2D eigenvalue weighted by Gasteiger charge is 2.51. The smallest absolute Gasteiger partial charge is 0.223 e. The Morgan fingerprint density at radius 2 is 1.55 bits per heavy atom. The zero-order chi connectivity index (χ0) is 28.4. The van der Waals surface area contributed by atoms with E-state index in [1.54, 1.807) is 18.2 Å². The van der Waals surface area contributed by atoms with Gasteiger partial charge in [0.15, 0.2) is 29.0 Å². The molecule has 1 fully saturated rings. The summed E-state index contributed by atoms with van der Waals surface area (Å²) in [6.45, 7) is -0.182. The van der Waals surface area contributed by atoms with Crippen molar-refractivity contribution in [1.29, 1.82) is 5.26 Å². The molecule has 11 heteroatoms. The lowest BCUT2D eigenvalue weighted by molar-refractivity contribution is 0.106. The number of hydrogen-bond donors (Lipinski definition) is 2. The number of anilines is 2. The third-order valence-corrected chi connectivity index (χ3v) is 7.70. The topological polar surface area (TPSA) is 88.4 Å². The highest BCUT2D eigenvalue weighted by atomic mass is 19.2. The minimum absolute atomic E-state index is 0.0194. The number of aromatic nitrogens is 1. The third kappa shape index (κ3) is 4.94. The maximum Gasteiger partial charge on any atom is 0.223 e. The van der Waals surface area contributed by atoms with Gasteiger partial charge in [-0.2, -0.15) is 10.2 Å². The lowest BCUT2D eigenvalue weighted by atomic mass is 9.72. The number of pyridine rings is 1. The molecule has 0 bridgehead atoms. The molecule has 0 spiro atoms. The van der Waals surface area contributed by atoms with Crippen LogP contribution in [0.3, 0.4) is 0 Å². The molecule has 1 aliphatic carbocycles. The summed E-state index contributed by atoms with van der Waals surface area (Å²) in [6.07, 6.45) is 4.50. The maximum absolute atomic E-state index is 14.8. The predicted octanol–water partition coefficient (Wildman–Crippen LogP) is 6.49. The number of rotatable bonds is 8. The summed E-state index contributed by atoms with van der Waals surface area (Å²) in [4.78, 5) is 4.43. The van der Waals surface area contributed by atoms with Gasteiger partial charge in [0.05, 0.1) is 49.4 Å². The molecule has 210 valence electrons. The van der Waals surface area contributed by atoms with Gasteiger partial charge in [-0.1, -0.05) is 19.3 Å². The molecule has 2 aliphatic rings. The first-order valence-electron chi connectivity index (χ1n) is 13.0. The molecular weight excluding hydrogens is 528 g/mol. The highest BCUT2D eigenvalue weighted by Crippen LogP contribution is 2.51. The number of ether oxygens (including phenoxy) is 3. The van der Waals surface area contributed by atoms with E-state index in [0.29, 0.717) is 16.9 Å². The first-order valence-corrected chi connectivity index (χ1v) is 13.0. The molecule has 1 saturated carbocycles. The molecular formula is C29H28F4N4O3. The van der Waals surface area contributed by atoms with Crippen molar-refractivity contribution in [2.75, 3.05) is 31.5 Å². The Hall–Kier alpha value is -4.20. The standard InChI is InChI=1S/C29H28F4N4O3/c1-38-26-9-8-18(28(35-26)39-2)29(36-24-12-20(30)21(31)13-25(24)37-29)19(17-6-4-3-5-7-17)15-40-27-22(32)10-16(14-34)11-23(27)33/h8-13,17,19,36-37H,3-7,15H2,1-2H3. The maximum atomic E-state index is 14.8. The minimum atomic E-state index is -1.30. The van der Waals surface area contributed by atoms with Gasteiger partial charge in [-0.05, 0) is 37.0 Å². The number of benzene rings is 2. The van der Waals surface area contributed by atoms with Gasteiger partial charge in [-0.25, -0.2) is 17.6 Å². The van der Waals surface area contributed by atoms with Crippen LogP contribution < -0.4 is 24.8 Å². The van der Waals surface area contributed by atoms with Crippen LogP contribution in [0.2, 0.25) is 0 Å². The molecule has 2 N–H and O–H groups in total. The van der Waals surface area contributed by atoms with E-state index in [0.717, 1.165) is 56.4 Å². The summed E-state index contributed by atoms with van der Waals surface area (Å²) in [5, 5.41) is 15.7. The van der Waals surface area contributed by atoms with Crippen molar-refractivity contribution in [3.63, 3.8) is 0 Å². The lowest BCUT2D eigenvalue weighted by Crippen LogP contribution is -2.52. The van der Waals surface area contributed by atoms with Crippen LogP contribution in [0.5, 0.6) is 17.5 Å². The number of fused-ring (bicyclic) bond motifs is 1. The van der Waals surface area contributed by atoms with E-state index in [2.05, 4.69) is 15.6 Å². The highest BCUT2D eigenvalue weighted by molar-refractivity contribution is 5.78. The molecule has 1 aromatic heterocycles. The second kappa shape index (κ2) is 11.1. The summed E-state index contributed by atoms with van der Waals surface area (Å²) < 4.78 is 75.0. The van der Waals surface area contributed by atoms with Crippen LogP contribution in [0, 0.1) is 46.4 Å². The minimum Gasteiger partial charge on any atom is -0.487 e. The van der Waals surface area contributed by atoms with Crippen LogP contribution in [-0.2, 0) is 5.66 Å². The van der Waals surface area contributed by atoms with Crippen molar-refractivity contribution in [2.45, 2.75) is 37.8 Å². The van der Waals surface area contributed by atoms with Crippen LogP contribution in [0.25, 0.3) is 0 Å². The fourth-order valence-corrected chi connectivity index (χ4v) is 5.81. The second-order valence-electron chi connectivity index (χ2n) is 9.98. The van der Waals surface area contributed by atoms with Gasteiger partial charge in [-0.3, -0.25) is 0 Å². The van der Waals surface area contributed by atoms with Crippen molar-refractivity contribution < 1.29 is 31.8 Å². The Morgan fingerprint density at radius 3 is 2.10 bits per heavy atom. The molecule has 2 aromatic carbocycles. The molecule has 3 aromatic rings. The van der Waals surface area contributed by atoms with Crippen LogP contribution in [0.15, 0.2) is 36.4 Å². The van der Waals surface area contributed by atoms with Gasteiger partial charge in [0, 0.05) is 24.1 Å². The van der Waals surface area contributed by atoms with E-state index in [-0.39, 0.29) is 29.8 Å². The van der Waals surface area contributed by atoms with Crippen LogP contribution in [0.1, 0.15) is 43.2 Å². The first kappa shape index (κ1) is 27.4. The zero-order valence-corrected chi connectivity index (χ0v) is 22.0. The number of nitriles is 1. The average molecular weight is 557 g/mol. The predicted molar refractivity (Wildman–Crippen MR) is 139 cm³/mol. The Morgan fingerprint density at radius 1 is 0.925 bits per heavy atom. The Kier molecular flexibility index (Phi) is 7.61. The number of nitrogens with zero attached hydrogens (tertiary/aromatic N) is 2. The van der Waals surface area contributed by atoms with Crippen molar-refractivity contribution in [1.82, 2.24) is 4.98 Å². The molecule has 0 radical (unpaired) electrons. The average Bonchev–Trinajstić information content (AvgIpc) is 3.33. The van der Waals surface area contributed by atoms with Gasteiger partial charge < -0.3 is 24.8 Å². The fraction of sp³-hybridized carbons (Fsp3) is 0.379. The summed E-state index contributed by atoms with van der Waals surface area (Å²) >= 11 is 0. The molecule has 7 nitrogen and oxygen atoms in total. The van der Waals surface area contributed by atoms with Crippen molar-refractivity contribution >= 4 is 11.4 Å². The summed E-state index contributed by atoms with van der Waals surface area (Å²) in [6, 6.07) is 9.01. The van der Waals surface area contributed by atoms with Crippen molar-refractivity contribution in [3.05, 3.63) is 70.8 Å². The SMILES string of the molecule is COc1ccc(C2(C(COc3c(F)cc(C#N)cc3F)C3CCCCC3)Nc3cc(F)c(F)cc3N2)c(OC)n1. The molecule has 1 unspecified atom stereocenters. The van der Waals surface area contributed by atoms with Crippen molar-refractivity contribution in [2.24, 2.45) is 11.8 Å². The van der Waals surface area contributed by atoms with E-state index < -0.39 is 40.6 Å². The summed E-state index contributed by atoms with van der Waals surface area (Å²) in [5.41, 5.74) is -0.376. The number of halogens is 4. The van der Waals surface area contributed by atoms with E-state index >= 15 is 0 Å². The Balaban J connectivity index is 1.64. The molecule has 0 amide bonds. The normalized spacial score (nSPS) is 16.7. The van der Waals surface area contributed by atoms with Crippen LogP contribution in [0.4, 0.5) is 28.9 Å². The number of methoxy groups -OCH3 is 2. The fourth-order valence-electron chi connectivity index (χ4n) is 5.81. The summed E-state index contributed by atoms with van der Waals surface area (Å²) in [5.74, 6) is -4.76. The zero-order valence-electron chi connectivity index (χ0n) is 22.0. The molecule has 5 rings (SSSR count). The Bertz CT molecular complexity index is 1400. The van der Waals surface area contributed by atoms with E-state index in [4.69, 9.17) is 19.5 Å². The molecule has 1 aliphatic heterocycles. The second-order valence-corrected chi connectivity index (χ2v) is 9.98. The van der Waals surface area contributed by atoms with Gasteiger partial charge >= 0.3 is 0 Å². The molecule has 2 heterocycles. The molecule has 0 saturated heterocycles. The van der Waals surface area contributed by atoms with Gasteiger partial charge in [0.1, 0.15) is 5.66 Å². The van der Waals surface area contributed by atoms with Crippen molar-refractivity contribution in [3.8, 4) is 23.6 Å². The molecule has 40 heavy (non-hydrogen) atoms. The third-order valence-electron chi connectivity index (χ3n) is 7.70. The first-order chi connectivity index (χ1) is 19.3. The number of hydrogen-bond acceptors (Lipinski definition) is 7. The van der Waals surface area contributed by atoms with Gasteiger partial charge in [0.2, 0.25) is 11.8 Å². The van der Waals surface area contributed by atoms with Crippen LogP contribution >= 0.6 is 0 Å². The van der Waals surface area contributed by atoms with E-state index in [1.165, 1.54) is 14.2 Å². The lowest BCUT2D eigenvalue weighted by Gasteiger charge is -2.44. The van der Waals surface area contributed by atoms with Gasteiger partial charge in [0.25, 0.3) is 0 Å². The Labute approximate surface area is 229 Å². The largest absolute Gasteiger partial charge is 0.487 e. The number of nitrogens with one attached hydrogen (secondary N) is 2. The van der Waals surface area contributed by atoms with E-state index in [9.17, 15) is 17.6 Å². The van der Waals surface area contributed by atoms with Crippen LogP contribution in [-0.4, -0.2) is 25.8 Å². The molecule has 1 atom stereocenters. The summed E-state index contributed by atoms with van der Waals surface area (Å²) in [7, 11) is 2.90. The van der Waals surface area contributed by atoms with Gasteiger partial charge in [-0.15, -0.1) is 0 Å². The monoisotopic (exact) mass is 556 g/mol. The quantitative estimate of drug-likeness (QED) is 0.307. The van der Waals surface area contributed by atoms with E-state index in [1.807, 2.05) is 0 Å².